The molecule has 23 heavy (non-hydrogen) atoms. The number of carboxylic acid groups (broad SMARTS) is 1. The lowest BCUT2D eigenvalue weighted by Crippen LogP contribution is -2.28. The highest BCUT2D eigenvalue weighted by Gasteiger charge is 2.19. The number of thiophene rings is 1. The number of benzene rings is 1. The van der Waals surface area contributed by atoms with E-state index in [4.69, 9.17) is 11.6 Å². The van der Waals surface area contributed by atoms with E-state index in [1.807, 2.05) is 36.4 Å². The number of rotatable bonds is 5. The van der Waals surface area contributed by atoms with E-state index >= 15 is 0 Å². The van der Waals surface area contributed by atoms with E-state index in [2.05, 4.69) is 15.3 Å². The van der Waals surface area contributed by atoms with Crippen molar-refractivity contribution in [1.82, 2.24) is 9.97 Å². The standard InChI is InChI=1S/C16H14ClN3O2S/c1-2-11(15(21)22)18-13-10-8-12(9-6-4-3-5-7-9)23-14(10)20-16(17)19-13/h3-8,11H,2H2,1H3,(H,21,22)(H,18,19,20). The molecule has 0 fully saturated rings. The zero-order chi connectivity index (χ0) is 16.4. The van der Waals surface area contributed by atoms with Crippen LogP contribution in [0.4, 0.5) is 5.82 Å². The van der Waals surface area contributed by atoms with Gasteiger partial charge in [-0.05, 0) is 29.7 Å². The molecule has 0 aliphatic carbocycles. The minimum Gasteiger partial charge on any atom is -0.480 e. The number of carboxylic acids is 1. The number of nitrogens with zero attached hydrogens (tertiary/aromatic N) is 2. The maximum Gasteiger partial charge on any atom is 0.326 e. The van der Waals surface area contributed by atoms with Crippen molar-refractivity contribution in [3.63, 3.8) is 0 Å². The minimum absolute atomic E-state index is 0.0988. The average Bonchev–Trinajstić information content (AvgIpc) is 2.96. The quantitative estimate of drug-likeness (QED) is 0.673. The Morgan fingerprint density at radius 1 is 1.35 bits per heavy atom. The number of hydrogen-bond acceptors (Lipinski definition) is 5. The van der Waals surface area contributed by atoms with E-state index in [0.29, 0.717) is 12.2 Å². The number of aliphatic carboxylic acids is 1. The van der Waals surface area contributed by atoms with Gasteiger partial charge in [0.25, 0.3) is 0 Å². The Kier molecular flexibility index (Phi) is 4.45. The zero-order valence-electron chi connectivity index (χ0n) is 12.3. The third kappa shape index (κ3) is 3.28. The first-order valence-electron chi connectivity index (χ1n) is 7.10. The highest BCUT2D eigenvalue weighted by atomic mass is 35.5. The summed E-state index contributed by atoms with van der Waals surface area (Å²) in [5, 5.41) is 13.0. The highest BCUT2D eigenvalue weighted by Crippen LogP contribution is 2.36. The van der Waals surface area contributed by atoms with Gasteiger partial charge in [0.1, 0.15) is 16.7 Å². The van der Waals surface area contributed by atoms with E-state index in [-0.39, 0.29) is 5.28 Å². The van der Waals surface area contributed by atoms with E-state index in [1.54, 1.807) is 6.92 Å². The highest BCUT2D eigenvalue weighted by molar-refractivity contribution is 7.22. The maximum atomic E-state index is 11.2. The molecule has 0 radical (unpaired) electrons. The lowest BCUT2D eigenvalue weighted by molar-refractivity contribution is -0.137. The molecule has 7 heteroatoms. The van der Waals surface area contributed by atoms with Crippen LogP contribution < -0.4 is 5.32 Å². The molecule has 0 amide bonds. The van der Waals surface area contributed by atoms with Crippen LogP contribution >= 0.6 is 22.9 Å². The van der Waals surface area contributed by atoms with Crippen LogP contribution in [0, 0.1) is 0 Å². The fourth-order valence-electron chi connectivity index (χ4n) is 2.25. The summed E-state index contributed by atoms with van der Waals surface area (Å²) in [7, 11) is 0. The van der Waals surface area contributed by atoms with Gasteiger partial charge in [0.05, 0.1) is 5.39 Å². The number of nitrogens with one attached hydrogen (secondary N) is 1. The zero-order valence-corrected chi connectivity index (χ0v) is 13.9. The summed E-state index contributed by atoms with van der Waals surface area (Å²) in [5.41, 5.74) is 1.07. The molecule has 3 aromatic rings. The molecule has 0 aliphatic rings. The van der Waals surface area contributed by atoms with Crippen LogP contribution in [-0.2, 0) is 4.79 Å². The van der Waals surface area contributed by atoms with Gasteiger partial charge in [-0.25, -0.2) is 14.8 Å². The van der Waals surface area contributed by atoms with Gasteiger partial charge in [-0.1, -0.05) is 37.3 Å². The van der Waals surface area contributed by atoms with Gasteiger partial charge in [0.15, 0.2) is 0 Å². The molecule has 1 atom stereocenters. The van der Waals surface area contributed by atoms with Crippen LogP contribution in [0.2, 0.25) is 5.28 Å². The summed E-state index contributed by atoms with van der Waals surface area (Å²) < 4.78 is 0. The minimum atomic E-state index is -0.922. The lowest BCUT2D eigenvalue weighted by atomic mass is 10.2. The van der Waals surface area contributed by atoms with Gasteiger partial charge in [0, 0.05) is 4.88 Å². The van der Waals surface area contributed by atoms with Crippen molar-refractivity contribution >= 4 is 44.9 Å². The van der Waals surface area contributed by atoms with Crippen molar-refractivity contribution < 1.29 is 9.90 Å². The Balaban J connectivity index is 2.08. The molecule has 0 spiro atoms. The summed E-state index contributed by atoms with van der Waals surface area (Å²) >= 11 is 7.48. The Morgan fingerprint density at radius 2 is 2.09 bits per heavy atom. The Labute approximate surface area is 142 Å². The number of halogens is 1. The largest absolute Gasteiger partial charge is 0.480 e. The monoisotopic (exact) mass is 347 g/mol. The van der Waals surface area contributed by atoms with E-state index in [0.717, 1.165) is 20.7 Å². The molecule has 2 N–H and O–H groups in total. The average molecular weight is 348 g/mol. The van der Waals surface area contributed by atoms with Gasteiger partial charge in [-0.2, -0.15) is 0 Å². The normalized spacial score (nSPS) is 12.3. The number of carbonyl (C=O) groups is 1. The second-order valence-electron chi connectivity index (χ2n) is 4.98. The van der Waals surface area contributed by atoms with Crippen molar-refractivity contribution in [2.24, 2.45) is 0 Å². The summed E-state index contributed by atoms with van der Waals surface area (Å²) in [6, 6.07) is 11.2. The third-order valence-corrected chi connectivity index (χ3v) is 4.69. The van der Waals surface area contributed by atoms with E-state index in [9.17, 15) is 9.90 Å². The van der Waals surface area contributed by atoms with Gasteiger partial charge in [-0.15, -0.1) is 11.3 Å². The lowest BCUT2D eigenvalue weighted by Gasteiger charge is -2.13. The Morgan fingerprint density at radius 3 is 2.74 bits per heavy atom. The van der Waals surface area contributed by atoms with Gasteiger partial charge >= 0.3 is 5.97 Å². The van der Waals surface area contributed by atoms with E-state index < -0.39 is 12.0 Å². The SMILES string of the molecule is CCC(Nc1nc(Cl)nc2sc(-c3ccccc3)cc12)C(=O)O. The predicted octanol–water partition coefficient (Wildman–Crippen LogP) is 4.29. The first kappa shape index (κ1) is 15.7. The smallest absolute Gasteiger partial charge is 0.326 e. The second kappa shape index (κ2) is 6.52. The maximum absolute atomic E-state index is 11.2. The number of fused-ring (bicyclic) bond motifs is 1. The van der Waals surface area contributed by atoms with Crippen molar-refractivity contribution in [3.8, 4) is 10.4 Å². The molecule has 1 aromatic carbocycles. The van der Waals surface area contributed by atoms with Crippen LogP contribution in [0.1, 0.15) is 13.3 Å². The fraction of sp³-hybridized carbons (Fsp3) is 0.188. The summed E-state index contributed by atoms with van der Waals surface area (Å²) in [6.45, 7) is 1.80. The molecule has 5 nitrogen and oxygen atoms in total. The number of anilines is 1. The number of hydrogen-bond donors (Lipinski definition) is 2. The molecular formula is C16H14ClN3O2S. The second-order valence-corrected chi connectivity index (χ2v) is 6.35. The molecule has 0 saturated carbocycles. The first-order chi connectivity index (χ1) is 11.1. The summed E-state index contributed by atoms with van der Waals surface area (Å²) in [4.78, 5) is 21.4. The molecule has 1 unspecified atom stereocenters. The summed E-state index contributed by atoms with van der Waals surface area (Å²) in [5.74, 6) is -0.471. The molecule has 2 heterocycles. The van der Waals surface area contributed by atoms with Crippen LogP contribution in [-0.4, -0.2) is 27.1 Å². The third-order valence-electron chi connectivity index (χ3n) is 3.44. The molecular weight excluding hydrogens is 334 g/mol. The van der Waals surface area contributed by atoms with Crippen molar-refractivity contribution in [2.45, 2.75) is 19.4 Å². The summed E-state index contributed by atoms with van der Waals surface area (Å²) in [6.07, 6.45) is 0.439. The molecule has 3 rings (SSSR count). The van der Waals surface area contributed by atoms with Crippen LogP contribution in [0.3, 0.4) is 0 Å². The Hall–Kier alpha value is -2.18. The van der Waals surface area contributed by atoms with Gasteiger partial charge in [-0.3, -0.25) is 0 Å². The molecule has 0 saturated heterocycles. The van der Waals surface area contributed by atoms with Crippen LogP contribution in [0.5, 0.6) is 0 Å². The van der Waals surface area contributed by atoms with Gasteiger partial charge < -0.3 is 10.4 Å². The fourth-order valence-corrected chi connectivity index (χ4v) is 3.51. The molecule has 2 aromatic heterocycles. The van der Waals surface area contributed by atoms with Crippen LogP contribution in [0.25, 0.3) is 20.7 Å². The molecule has 118 valence electrons. The molecule has 0 aliphatic heterocycles. The van der Waals surface area contributed by atoms with Crippen molar-refractivity contribution in [2.75, 3.05) is 5.32 Å². The number of aromatic nitrogens is 2. The molecule has 0 bridgehead atoms. The van der Waals surface area contributed by atoms with E-state index in [1.165, 1.54) is 11.3 Å². The van der Waals surface area contributed by atoms with Crippen molar-refractivity contribution in [1.29, 1.82) is 0 Å². The predicted molar refractivity (Wildman–Crippen MR) is 93.2 cm³/mol. The topological polar surface area (TPSA) is 75.1 Å². The Bertz CT molecular complexity index is 851. The van der Waals surface area contributed by atoms with Crippen molar-refractivity contribution in [3.05, 3.63) is 41.7 Å². The first-order valence-corrected chi connectivity index (χ1v) is 8.29. The van der Waals surface area contributed by atoms with Crippen LogP contribution in [0.15, 0.2) is 36.4 Å². The van der Waals surface area contributed by atoms with Gasteiger partial charge in [0.2, 0.25) is 5.28 Å².